The monoisotopic (exact) mass is 287 g/mol. The van der Waals surface area contributed by atoms with E-state index in [0.717, 1.165) is 32.4 Å². The summed E-state index contributed by atoms with van der Waals surface area (Å²) in [7, 11) is 0. The van der Waals surface area contributed by atoms with E-state index < -0.39 is 0 Å². The molecule has 2 heterocycles. The van der Waals surface area contributed by atoms with E-state index in [1.807, 2.05) is 4.90 Å². The molecule has 0 radical (unpaired) electrons. The Bertz CT molecular complexity index is 554. The molecule has 1 aromatic heterocycles. The van der Waals surface area contributed by atoms with Gasteiger partial charge in [-0.3, -0.25) is 14.6 Å². The largest absolute Gasteiger partial charge is 0.348 e. The lowest BCUT2D eigenvalue weighted by atomic mass is 9.99. The lowest BCUT2D eigenvalue weighted by molar-refractivity contribution is 0.0683. The van der Waals surface area contributed by atoms with Crippen molar-refractivity contribution in [1.82, 2.24) is 15.2 Å². The van der Waals surface area contributed by atoms with Crippen molar-refractivity contribution in [3.8, 4) is 0 Å². The van der Waals surface area contributed by atoms with Crippen LogP contribution in [0, 0.1) is 5.92 Å². The molecular weight excluding hydrogens is 266 g/mol. The Morgan fingerprint density at radius 2 is 2.14 bits per heavy atom. The molecule has 1 N–H and O–H groups in total. The van der Waals surface area contributed by atoms with E-state index in [0.29, 0.717) is 23.2 Å². The van der Waals surface area contributed by atoms with E-state index in [2.05, 4.69) is 17.2 Å². The van der Waals surface area contributed by atoms with Gasteiger partial charge in [0, 0.05) is 30.9 Å². The second kappa shape index (κ2) is 5.84. The number of hydrogen-bond donors (Lipinski definition) is 1. The number of amides is 2. The summed E-state index contributed by atoms with van der Waals surface area (Å²) in [6.45, 7) is 3.76. The Morgan fingerprint density at radius 1 is 1.33 bits per heavy atom. The fraction of sp³-hybridized carbons (Fsp3) is 0.562. The maximum absolute atomic E-state index is 12.5. The molecule has 3 rings (SSSR count). The maximum Gasteiger partial charge on any atom is 0.270 e. The summed E-state index contributed by atoms with van der Waals surface area (Å²) in [6.07, 6.45) is 5.84. The van der Waals surface area contributed by atoms with Crippen molar-refractivity contribution in [3.63, 3.8) is 0 Å². The average molecular weight is 287 g/mol. The summed E-state index contributed by atoms with van der Waals surface area (Å²) in [6, 6.07) is 3.59. The van der Waals surface area contributed by atoms with Crippen LogP contribution >= 0.6 is 0 Å². The minimum absolute atomic E-state index is 0.00409. The van der Waals surface area contributed by atoms with Gasteiger partial charge >= 0.3 is 0 Å². The first-order valence-electron chi connectivity index (χ1n) is 7.69. The normalized spacial score (nSPS) is 22.0. The number of hydrogen-bond acceptors (Lipinski definition) is 3. The predicted molar refractivity (Wildman–Crippen MR) is 79.0 cm³/mol. The third-order valence-electron chi connectivity index (χ3n) is 4.10. The number of rotatable bonds is 3. The second-order valence-corrected chi connectivity index (χ2v) is 6.18. The van der Waals surface area contributed by atoms with Gasteiger partial charge < -0.3 is 10.2 Å². The van der Waals surface area contributed by atoms with E-state index in [4.69, 9.17) is 0 Å². The molecule has 0 spiro atoms. The average Bonchev–Trinajstić information content (AvgIpc) is 3.30. The number of likely N-dealkylation sites (tertiary alicyclic amines) is 1. The Labute approximate surface area is 124 Å². The molecule has 1 aliphatic carbocycles. The molecule has 1 atom stereocenters. The highest BCUT2D eigenvalue weighted by atomic mass is 16.2. The number of aromatic nitrogens is 1. The molecule has 112 valence electrons. The molecule has 2 fully saturated rings. The summed E-state index contributed by atoms with van der Waals surface area (Å²) in [5, 5.41) is 2.90. The standard InChI is InChI=1S/C16H21N3O2/c1-11-3-2-8-19(10-11)16(21)12-6-7-17-14(9-12)15(20)18-13-4-5-13/h6-7,9,11,13H,2-5,8,10H2,1H3,(H,18,20). The molecule has 0 bridgehead atoms. The number of pyridine rings is 1. The van der Waals surface area contributed by atoms with Gasteiger partial charge in [0.25, 0.3) is 11.8 Å². The number of carbonyl (C=O) groups is 2. The van der Waals surface area contributed by atoms with Crippen molar-refractivity contribution in [2.24, 2.45) is 5.92 Å². The molecule has 5 nitrogen and oxygen atoms in total. The summed E-state index contributed by atoms with van der Waals surface area (Å²) in [4.78, 5) is 30.5. The lowest BCUT2D eigenvalue weighted by Gasteiger charge is -2.31. The first-order valence-corrected chi connectivity index (χ1v) is 7.69. The van der Waals surface area contributed by atoms with Gasteiger partial charge in [0.2, 0.25) is 0 Å². The topological polar surface area (TPSA) is 62.3 Å². The maximum atomic E-state index is 12.5. The number of nitrogens with one attached hydrogen (secondary N) is 1. The van der Waals surface area contributed by atoms with Crippen LogP contribution in [0.1, 0.15) is 53.5 Å². The van der Waals surface area contributed by atoms with Crippen molar-refractivity contribution in [1.29, 1.82) is 0 Å². The number of piperidine rings is 1. The minimum Gasteiger partial charge on any atom is -0.348 e. The van der Waals surface area contributed by atoms with Gasteiger partial charge in [0.15, 0.2) is 0 Å². The van der Waals surface area contributed by atoms with Crippen molar-refractivity contribution >= 4 is 11.8 Å². The van der Waals surface area contributed by atoms with E-state index in [-0.39, 0.29) is 11.8 Å². The van der Waals surface area contributed by atoms with Crippen LogP contribution in [0.5, 0.6) is 0 Å². The van der Waals surface area contributed by atoms with Crippen molar-refractivity contribution in [2.45, 2.75) is 38.6 Å². The van der Waals surface area contributed by atoms with Gasteiger partial charge in [-0.25, -0.2) is 0 Å². The van der Waals surface area contributed by atoms with Crippen LogP contribution in [-0.2, 0) is 0 Å². The van der Waals surface area contributed by atoms with Gasteiger partial charge in [-0.2, -0.15) is 0 Å². The molecule has 1 saturated heterocycles. The predicted octanol–water partition coefficient (Wildman–Crippen LogP) is 1.85. The number of carbonyl (C=O) groups excluding carboxylic acids is 2. The van der Waals surface area contributed by atoms with E-state index in [9.17, 15) is 9.59 Å². The van der Waals surface area contributed by atoms with Gasteiger partial charge in [0.1, 0.15) is 5.69 Å². The molecule has 0 aromatic carbocycles. The van der Waals surface area contributed by atoms with E-state index in [1.165, 1.54) is 6.42 Å². The summed E-state index contributed by atoms with van der Waals surface area (Å²) >= 11 is 0. The first kappa shape index (κ1) is 14.0. The zero-order valence-electron chi connectivity index (χ0n) is 12.3. The quantitative estimate of drug-likeness (QED) is 0.922. The summed E-state index contributed by atoms with van der Waals surface area (Å²) in [5.41, 5.74) is 0.887. The summed E-state index contributed by atoms with van der Waals surface area (Å²) < 4.78 is 0. The third kappa shape index (κ3) is 3.40. The Morgan fingerprint density at radius 3 is 2.86 bits per heavy atom. The number of nitrogens with zero attached hydrogens (tertiary/aromatic N) is 2. The van der Waals surface area contributed by atoms with Crippen LogP contribution in [0.4, 0.5) is 0 Å². The molecule has 1 aliphatic heterocycles. The van der Waals surface area contributed by atoms with Gasteiger partial charge in [-0.15, -0.1) is 0 Å². The fourth-order valence-corrected chi connectivity index (χ4v) is 2.73. The van der Waals surface area contributed by atoms with Crippen LogP contribution in [0.15, 0.2) is 18.3 Å². The third-order valence-corrected chi connectivity index (χ3v) is 4.10. The lowest BCUT2D eigenvalue weighted by Crippen LogP contribution is -2.39. The summed E-state index contributed by atoms with van der Waals surface area (Å²) in [5.74, 6) is 0.366. The van der Waals surface area contributed by atoms with Crippen LogP contribution in [0.2, 0.25) is 0 Å². The molecule has 2 aliphatic rings. The van der Waals surface area contributed by atoms with Crippen LogP contribution in [0.3, 0.4) is 0 Å². The first-order chi connectivity index (χ1) is 10.1. The highest BCUT2D eigenvalue weighted by Crippen LogP contribution is 2.20. The van der Waals surface area contributed by atoms with Crippen molar-refractivity contribution in [3.05, 3.63) is 29.6 Å². The smallest absolute Gasteiger partial charge is 0.270 e. The van der Waals surface area contributed by atoms with Crippen LogP contribution < -0.4 is 5.32 Å². The highest BCUT2D eigenvalue weighted by molar-refractivity contribution is 5.98. The van der Waals surface area contributed by atoms with E-state index in [1.54, 1.807) is 18.3 Å². The van der Waals surface area contributed by atoms with Crippen LogP contribution in [0.25, 0.3) is 0 Å². The minimum atomic E-state index is -0.181. The molecule has 1 unspecified atom stereocenters. The van der Waals surface area contributed by atoms with Crippen molar-refractivity contribution < 1.29 is 9.59 Å². The molecular formula is C16H21N3O2. The molecule has 2 amide bonds. The SMILES string of the molecule is CC1CCCN(C(=O)c2ccnc(C(=O)NC3CC3)c2)C1. The van der Waals surface area contributed by atoms with E-state index >= 15 is 0 Å². The zero-order chi connectivity index (χ0) is 14.8. The molecule has 1 aromatic rings. The Kier molecular flexibility index (Phi) is 3.90. The Balaban J connectivity index is 1.72. The highest BCUT2D eigenvalue weighted by Gasteiger charge is 2.26. The second-order valence-electron chi connectivity index (χ2n) is 6.18. The molecule has 21 heavy (non-hydrogen) atoms. The van der Waals surface area contributed by atoms with Gasteiger partial charge in [0.05, 0.1) is 0 Å². The fourth-order valence-electron chi connectivity index (χ4n) is 2.73. The molecule has 5 heteroatoms. The van der Waals surface area contributed by atoms with Crippen molar-refractivity contribution in [2.75, 3.05) is 13.1 Å². The van der Waals surface area contributed by atoms with Gasteiger partial charge in [-0.1, -0.05) is 6.92 Å². The van der Waals surface area contributed by atoms with Crippen LogP contribution in [-0.4, -0.2) is 40.8 Å². The van der Waals surface area contributed by atoms with Gasteiger partial charge in [-0.05, 0) is 43.7 Å². The molecule has 1 saturated carbocycles. The zero-order valence-corrected chi connectivity index (χ0v) is 12.3. The Hall–Kier alpha value is -1.91.